The van der Waals surface area contributed by atoms with Crippen molar-refractivity contribution in [1.29, 1.82) is 0 Å². The summed E-state index contributed by atoms with van der Waals surface area (Å²) in [5.74, 6) is -1.06. The Balaban J connectivity index is 2.91. The van der Waals surface area contributed by atoms with Crippen LogP contribution in [0.15, 0.2) is 0 Å². The molecule has 1 N–H and O–H groups in total. The summed E-state index contributed by atoms with van der Waals surface area (Å²) in [6, 6.07) is 0. The maximum atomic E-state index is 10.5. The van der Waals surface area contributed by atoms with Gasteiger partial charge < -0.3 is 0 Å². The average Bonchev–Trinajstić information content (AvgIpc) is 1.96. The van der Waals surface area contributed by atoms with Gasteiger partial charge in [0.1, 0.15) is 0 Å². The van der Waals surface area contributed by atoms with Crippen LogP contribution in [-0.4, -0.2) is 21.7 Å². The quantitative estimate of drug-likeness (QED) is 0.280. The molecule has 4 nitrogen and oxygen atoms in total. The standard InChI is InChI=1S/C5H7NO3/c1-6(9)4(7)2-3-5(6)8/h9H,1-3H2/q+1. The number of imide groups is 1. The second-order valence-corrected chi connectivity index (χ2v) is 2.06. The van der Waals surface area contributed by atoms with Crippen LogP contribution in [0.25, 0.3) is 0 Å². The molecule has 9 heavy (non-hydrogen) atoms. The number of carbonyl (C=O) groups is 2. The molecule has 0 aromatic heterocycles. The molecule has 1 aliphatic rings. The van der Waals surface area contributed by atoms with E-state index in [-0.39, 0.29) is 12.8 Å². The number of rotatable bonds is 0. The first-order chi connectivity index (χ1) is 4.05. The molecule has 1 aliphatic heterocycles. The third-order valence-electron chi connectivity index (χ3n) is 1.38. The molecule has 2 amide bonds. The first kappa shape index (κ1) is 6.38. The third-order valence-corrected chi connectivity index (χ3v) is 1.38. The minimum Gasteiger partial charge on any atom is -0.227 e. The van der Waals surface area contributed by atoms with Gasteiger partial charge in [0.2, 0.25) is 0 Å². The van der Waals surface area contributed by atoms with Gasteiger partial charge >= 0.3 is 11.8 Å². The van der Waals surface area contributed by atoms with E-state index in [9.17, 15) is 9.59 Å². The Morgan fingerprint density at radius 1 is 1.33 bits per heavy atom. The van der Waals surface area contributed by atoms with Crippen LogP contribution in [0.4, 0.5) is 0 Å². The van der Waals surface area contributed by atoms with Crippen molar-refractivity contribution >= 4 is 11.8 Å². The molecule has 0 atom stereocenters. The first-order valence-electron chi connectivity index (χ1n) is 2.58. The van der Waals surface area contributed by atoms with E-state index in [0.29, 0.717) is 0 Å². The van der Waals surface area contributed by atoms with E-state index in [1.54, 1.807) is 0 Å². The fraction of sp³-hybridized carbons (Fsp3) is 0.400. The van der Waals surface area contributed by atoms with E-state index in [4.69, 9.17) is 5.21 Å². The van der Waals surface area contributed by atoms with Gasteiger partial charge in [0.05, 0.1) is 12.8 Å². The van der Waals surface area contributed by atoms with Crippen molar-refractivity contribution in [3.8, 4) is 0 Å². The van der Waals surface area contributed by atoms with Crippen LogP contribution < -0.4 is 0 Å². The number of amides is 2. The lowest BCUT2D eigenvalue weighted by Gasteiger charge is -2.09. The highest BCUT2D eigenvalue weighted by molar-refractivity contribution is 5.91. The van der Waals surface area contributed by atoms with Gasteiger partial charge in [-0.3, -0.25) is 0 Å². The second-order valence-electron chi connectivity index (χ2n) is 2.06. The number of carbonyl (C=O) groups excluding carboxylic acids is 2. The van der Waals surface area contributed by atoms with E-state index in [1.165, 1.54) is 0 Å². The zero-order chi connectivity index (χ0) is 7.07. The number of nitrogens with zero attached hydrogens (tertiary/aromatic N) is 1. The number of likely N-dealkylation sites (tertiary alicyclic amines) is 1. The number of quaternary nitrogens is 1. The Hall–Kier alpha value is -0.740. The van der Waals surface area contributed by atoms with Gasteiger partial charge in [-0.2, -0.15) is 0 Å². The maximum absolute atomic E-state index is 10.5. The van der Waals surface area contributed by atoms with Crippen molar-refractivity contribution in [2.24, 2.45) is 0 Å². The van der Waals surface area contributed by atoms with Crippen LogP contribution in [0, 0.1) is 7.05 Å². The van der Waals surface area contributed by atoms with Crippen LogP contribution in [0.1, 0.15) is 12.8 Å². The summed E-state index contributed by atoms with van der Waals surface area (Å²) < 4.78 is -1.31. The average molecular weight is 129 g/mol. The van der Waals surface area contributed by atoms with Crippen LogP contribution in [0.2, 0.25) is 0 Å². The zero-order valence-corrected chi connectivity index (χ0v) is 4.83. The largest absolute Gasteiger partial charge is 0.354 e. The summed E-state index contributed by atoms with van der Waals surface area (Å²) in [5.41, 5.74) is 0. The van der Waals surface area contributed by atoms with E-state index in [2.05, 4.69) is 7.05 Å². The van der Waals surface area contributed by atoms with E-state index >= 15 is 0 Å². The third kappa shape index (κ3) is 0.760. The molecule has 0 aromatic carbocycles. The molecule has 0 bridgehead atoms. The van der Waals surface area contributed by atoms with Crippen molar-refractivity contribution in [2.45, 2.75) is 12.8 Å². The Kier molecular flexibility index (Phi) is 1.15. The molecule has 49 valence electrons. The predicted molar refractivity (Wildman–Crippen MR) is 26.7 cm³/mol. The fourth-order valence-electron chi connectivity index (χ4n) is 0.723. The van der Waals surface area contributed by atoms with Crippen LogP contribution in [0.3, 0.4) is 0 Å². The number of hydroxylamine groups is 3. The van der Waals surface area contributed by atoms with Gasteiger partial charge in [0.25, 0.3) is 0 Å². The SMILES string of the molecule is [CH2][N+]1(O)C(=O)CCC1=O. The molecule has 1 radical (unpaired) electrons. The molecule has 0 unspecified atom stereocenters. The topological polar surface area (TPSA) is 54.4 Å². The predicted octanol–water partition coefficient (Wildman–Crippen LogP) is -0.169. The van der Waals surface area contributed by atoms with Crippen molar-refractivity contribution < 1.29 is 19.4 Å². The van der Waals surface area contributed by atoms with E-state index in [0.717, 1.165) is 0 Å². The molecule has 0 saturated carbocycles. The van der Waals surface area contributed by atoms with Gasteiger partial charge in [-0.25, -0.2) is 14.8 Å². The summed E-state index contributed by atoms with van der Waals surface area (Å²) >= 11 is 0. The lowest BCUT2D eigenvalue weighted by molar-refractivity contribution is -0.933. The van der Waals surface area contributed by atoms with Gasteiger partial charge in [-0.05, 0) is 0 Å². The summed E-state index contributed by atoms with van der Waals surface area (Å²) in [5, 5.41) is 8.86. The molecular formula is C5H7NO3+. The minimum atomic E-state index is -1.31. The van der Waals surface area contributed by atoms with E-state index < -0.39 is 16.5 Å². The summed E-state index contributed by atoms with van der Waals surface area (Å²) in [6.45, 7) is 0. The van der Waals surface area contributed by atoms with Crippen molar-refractivity contribution in [1.82, 2.24) is 0 Å². The molecule has 1 saturated heterocycles. The monoisotopic (exact) mass is 129 g/mol. The Bertz CT molecular complexity index is 155. The lowest BCUT2D eigenvalue weighted by Crippen LogP contribution is -2.42. The van der Waals surface area contributed by atoms with Gasteiger partial charge in [0, 0.05) is 0 Å². The highest BCUT2D eigenvalue weighted by atomic mass is 16.6. The summed E-state index contributed by atoms with van der Waals surface area (Å²) in [4.78, 5) is 21.1. The zero-order valence-electron chi connectivity index (χ0n) is 4.83. The fourth-order valence-corrected chi connectivity index (χ4v) is 0.723. The summed E-state index contributed by atoms with van der Waals surface area (Å²) in [6.07, 6.45) is 0.220. The van der Waals surface area contributed by atoms with Crippen LogP contribution >= 0.6 is 0 Å². The van der Waals surface area contributed by atoms with Crippen molar-refractivity contribution in [3.63, 3.8) is 0 Å². The van der Waals surface area contributed by atoms with E-state index in [1.807, 2.05) is 0 Å². The molecule has 0 aromatic rings. The van der Waals surface area contributed by atoms with Crippen molar-refractivity contribution in [3.05, 3.63) is 7.05 Å². The molecule has 1 heterocycles. The summed E-state index contributed by atoms with van der Waals surface area (Å²) in [7, 11) is 3.03. The number of hydrogen-bond acceptors (Lipinski definition) is 3. The van der Waals surface area contributed by atoms with Crippen LogP contribution in [0.5, 0.6) is 0 Å². The molecule has 1 rings (SSSR count). The Morgan fingerprint density at radius 3 is 1.78 bits per heavy atom. The van der Waals surface area contributed by atoms with Gasteiger partial charge in [-0.15, -0.1) is 0 Å². The highest BCUT2D eigenvalue weighted by Crippen LogP contribution is 2.17. The Morgan fingerprint density at radius 2 is 1.67 bits per heavy atom. The highest BCUT2D eigenvalue weighted by Gasteiger charge is 2.46. The molecule has 1 fully saturated rings. The molecular weight excluding hydrogens is 122 g/mol. The van der Waals surface area contributed by atoms with Gasteiger partial charge in [0.15, 0.2) is 7.05 Å². The maximum Gasteiger partial charge on any atom is 0.354 e. The molecule has 4 heteroatoms. The van der Waals surface area contributed by atoms with Crippen LogP contribution in [-0.2, 0) is 9.59 Å². The van der Waals surface area contributed by atoms with Gasteiger partial charge in [-0.1, -0.05) is 4.65 Å². The van der Waals surface area contributed by atoms with Crippen molar-refractivity contribution in [2.75, 3.05) is 0 Å². The number of hydrogen-bond donors (Lipinski definition) is 1. The molecule has 0 aliphatic carbocycles. The lowest BCUT2D eigenvalue weighted by atomic mass is 10.4. The minimum absolute atomic E-state index is 0.110. The first-order valence-corrected chi connectivity index (χ1v) is 2.58. The second kappa shape index (κ2) is 1.62. The Labute approximate surface area is 52.2 Å². The smallest absolute Gasteiger partial charge is 0.227 e. The normalized spacial score (nSPS) is 25.1. The molecule has 0 spiro atoms.